The van der Waals surface area contributed by atoms with Crippen molar-refractivity contribution in [3.05, 3.63) is 59.0 Å². The molecule has 3 heterocycles. The van der Waals surface area contributed by atoms with Gasteiger partial charge in [0.2, 0.25) is 5.91 Å². The maximum atomic E-state index is 12.7. The summed E-state index contributed by atoms with van der Waals surface area (Å²) in [5.41, 5.74) is 6.61. The van der Waals surface area contributed by atoms with Crippen LogP contribution in [0.5, 0.6) is 0 Å². The van der Waals surface area contributed by atoms with Crippen molar-refractivity contribution in [1.82, 2.24) is 25.0 Å². The second kappa shape index (κ2) is 12.2. The molecule has 0 saturated carbocycles. The molecule has 188 valence electrons. The third-order valence-corrected chi connectivity index (χ3v) is 7.47. The first-order valence-corrected chi connectivity index (χ1v) is 13.1. The van der Waals surface area contributed by atoms with Crippen molar-refractivity contribution < 1.29 is 9.59 Å². The predicted octanol–water partition coefficient (Wildman–Crippen LogP) is 4.98. The van der Waals surface area contributed by atoms with Crippen molar-refractivity contribution >= 4 is 23.5 Å². The molecule has 2 aromatic heterocycles. The van der Waals surface area contributed by atoms with Gasteiger partial charge in [-0.3, -0.25) is 9.48 Å². The highest BCUT2D eigenvalue weighted by Crippen LogP contribution is 2.28. The number of nitrogens with zero attached hydrogens (tertiary/aromatic N) is 4. The number of benzene rings is 1. The van der Waals surface area contributed by atoms with Crippen LogP contribution in [-0.4, -0.2) is 51.5 Å². The Labute approximate surface area is 212 Å². The first-order valence-electron chi connectivity index (χ1n) is 12.2. The molecule has 7 nitrogen and oxygen atoms in total. The molecule has 0 spiro atoms. The molecule has 35 heavy (non-hydrogen) atoms. The Balaban J connectivity index is 0.000000198. The molecule has 3 aromatic rings. The van der Waals surface area contributed by atoms with Crippen molar-refractivity contribution in [1.29, 1.82) is 0 Å². The largest absolute Gasteiger partial charge is 0.331 e. The summed E-state index contributed by atoms with van der Waals surface area (Å²) in [5.74, 6) is 0.146. The molecule has 3 unspecified atom stereocenters. The summed E-state index contributed by atoms with van der Waals surface area (Å²) < 4.78 is 1.72. The van der Waals surface area contributed by atoms with E-state index in [1.165, 1.54) is 16.0 Å². The van der Waals surface area contributed by atoms with E-state index in [0.717, 1.165) is 30.4 Å². The van der Waals surface area contributed by atoms with Gasteiger partial charge in [0.05, 0.1) is 28.3 Å². The van der Waals surface area contributed by atoms with Crippen LogP contribution in [0.3, 0.4) is 0 Å². The first-order chi connectivity index (χ1) is 16.8. The maximum Gasteiger partial charge on any atom is 0.248 e. The molecule has 4 rings (SSSR count). The number of hydrogen-bond acceptors (Lipinski definition) is 6. The molecule has 1 aliphatic heterocycles. The van der Waals surface area contributed by atoms with Gasteiger partial charge in [-0.1, -0.05) is 38.1 Å². The second-order valence-corrected chi connectivity index (χ2v) is 10.3. The summed E-state index contributed by atoms with van der Waals surface area (Å²) in [6.45, 7) is 10.8. The molecular formula is C27H37N5O2S. The van der Waals surface area contributed by atoms with E-state index in [1.54, 1.807) is 27.1 Å². The summed E-state index contributed by atoms with van der Waals surface area (Å²) in [7, 11) is 1.98. The van der Waals surface area contributed by atoms with E-state index in [-0.39, 0.29) is 23.9 Å². The zero-order valence-corrected chi connectivity index (χ0v) is 22.4. The fourth-order valence-electron chi connectivity index (χ4n) is 4.34. The Morgan fingerprint density at radius 2 is 1.91 bits per heavy atom. The molecule has 0 bridgehead atoms. The predicted molar refractivity (Wildman–Crippen MR) is 141 cm³/mol. The molecule has 0 radical (unpaired) electrons. The van der Waals surface area contributed by atoms with E-state index in [2.05, 4.69) is 53.5 Å². The summed E-state index contributed by atoms with van der Waals surface area (Å²) in [6.07, 6.45) is 6.20. The minimum atomic E-state index is -0.325. The summed E-state index contributed by atoms with van der Waals surface area (Å²) >= 11 is 1.70. The number of aromatic nitrogens is 3. The summed E-state index contributed by atoms with van der Waals surface area (Å²) in [5, 5.41) is 7.50. The number of amides is 1. The smallest absolute Gasteiger partial charge is 0.248 e. The fraction of sp³-hybridized carbons (Fsp3) is 0.481. The van der Waals surface area contributed by atoms with E-state index in [4.69, 9.17) is 0 Å². The van der Waals surface area contributed by atoms with E-state index in [0.29, 0.717) is 12.6 Å². The van der Waals surface area contributed by atoms with Crippen molar-refractivity contribution in [2.24, 2.45) is 5.92 Å². The van der Waals surface area contributed by atoms with Gasteiger partial charge in [-0.05, 0) is 63.3 Å². The molecule has 1 N–H and O–H groups in total. The van der Waals surface area contributed by atoms with Gasteiger partial charge in [-0.2, -0.15) is 5.10 Å². The fourth-order valence-corrected chi connectivity index (χ4v) is 5.15. The average Bonchev–Trinajstić information content (AvgIpc) is 3.60. The van der Waals surface area contributed by atoms with Crippen LogP contribution in [0.4, 0.5) is 0 Å². The van der Waals surface area contributed by atoms with Gasteiger partial charge in [0.1, 0.15) is 12.3 Å². The molecule has 1 amide bonds. The van der Waals surface area contributed by atoms with Crippen LogP contribution in [0.2, 0.25) is 0 Å². The Bertz CT molecular complexity index is 1100. The average molecular weight is 496 g/mol. The van der Waals surface area contributed by atoms with E-state index in [1.807, 2.05) is 39.5 Å². The van der Waals surface area contributed by atoms with E-state index in [9.17, 15) is 9.59 Å². The van der Waals surface area contributed by atoms with Crippen molar-refractivity contribution in [2.45, 2.75) is 65.6 Å². The van der Waals surface area contributed by atoms with Gasteiger partial charge < -0.3 is 15.0 Å². The van der Waals surface area contributed by atoms with Gasteiger partial charge in [0, 0.05) is 18.8 Å². The van der Waals surface area contributed by atoms with Crippen LogP contribution in [0.1, 0.15) is 62.5 Å². The highest BCUT2D eigenvalue weighted by atomic mass is 32.1. The topological polar surface area (TPSA) is 80.1 Å². The number of nitrogens with one attached hydrogen (secondary N) is 1. The maximum absolute atomic E-state index is 12.7. The number of hydrogen-bond donors (Lipinski definition) is 1. The molecule has 1 aliphatic rings. The van der Waals surface area contributed by atoms with Gasteiger partial charge >= 0.3 is 0 Å². The highest BCUT2D eigenvalue weighted by Gasteiger charge is 2.35. The van der Waals surface area contributed by atoms with Crippen LogP contribution in [0.15, 0.2) is 42.2 Å². The number of carbonyl (C=O) groups is 2. The normalized spacial score (nSPS) is 17.1. The number of likely N-dealkylation sites (tertiary alicyclic amines) is 1. The molecule has 1 aromatic carbocycles. The quantitative estimate of drug-likeness (QED) is 0.468. The first kappa shape index (κ1) is 26.8. The monoisotopic (exact) mass is 495 g/mol. The number of rotatable bonds is 7. The lowest BCUT2D eigenvalue weighted by Crippen LogP contribution is -2.43. The third kappa shape index (κ3) is 6.44. The summed E-state index contributed by atoms with van der Waals surface area (Å²) in [4.78, 5) is 31.0. The van der Waals surface area contributed by atoms with E-state index < -0.39 is 0 Å². The lowest BCUT2D eigenvalue weighted by atomic mass is 10.0. The Hall–Kier alpha value is -2.84. The molecule has 1 saturated heterocycles. The van der Waals surface area contributed by atoms with Crippen LogP contribution < -0.4 is 5.32 Å². The number of aryl methyl sites for hydroxylation is 2. The van der Waals surface area contributed by atoms with Crippen molar-refractivity contribution in [3.8, 4) is 10.4 Å². The number of thiazole rings is 1. The van der Waals surface area contributed by atoms with Crippen LogP contribution in [0.25, 0.3) is 10.4 Å². The van der Waals surface area contributed by atoms with Crippen molar-refractivity contribution in [2.75, 3.05) is 13.6 Å². The standard InChI is InChI=1S/C14H21N3O2.C13H16N2S/c1-10(2)13(17-8-11(3)7-15-17)14(19)16-6-4-5-12(16)9-18;1-9(14-3)11-4-6-12(7-5-11)13-10(2)15-8-16-13/h7-10,12-13H,4-6H2,1-3H3;4-9,14H,1-3H3. The number of aldehydes is 1. The zero-order valence-electron chi connectivity index (χ0n) is 21.6. The molecule has 1 fully saturated rings. The molecule has 0 aliphatic carbocycles. The summed E-state index contributed by atoms with van der Waals surface area (Å²) in [6, 6.07) is 8.51. The lowest BCUT2D eigenvalue weighted by Gasteiger charge is -2.28. The molecule has 8 heteroatoms. The van der Waals surface area contributed by atoms with Crippen LogP contribution in [0, 0.1) is 19.8 Å². The molecular weight excluding hydrogens is 458 g/mol. The lowest BCUT2D eigenvalue weighted by molar-refractivity contribution is -0.139. The third-order valence-electron chi connectivity index (χ3n) is 6.49. The van der Waals surface area contributed by atoms with Gasteiger partial charge in [0.15, 0.2) is 0 Å². The van der Waals surface area contributed by atoms with E-state index >= 15 is 0 Å². The Morgan fingerprint density at radius 1 is 1.20 bits per heavy atom. The SMILES string of the molecule is CNC(C)c1ccc(-c2scnc2C)cc1.Cc1cnn(C(C(=O)N2CCCC2C=O)C(C)C)c1. The van der Waals surface area contributed by atoms with Gasteiger partial charge in [-0.15, -0.1) is 11.3 Å². The van der Waals surface area contributed by atoms with Gasteiger partial charge in [0.25, 0.3) is 0 Å². The second-order valence-electron chi connectivity index (χ2n) is 9.46. The Morgan fingerprint density at radius 3 is 2.43 bits per heavy atom. The van der Waals surface area contributed by atoms with Gasteiger partial charge in [-0.25, -0.2) is 4.98 Å². The highest BCUT2D eigenvalue weighted by molar-refractivity contribution is 7.13. The minimum Gasteiger partial charge on any atom is -0.331 e. The number of carbonyl (C=O) groups excluding carboxylic acids is 2. The van der Waals surface area contributed by atoms with Crippen molar-refractivity contribution in [3.63, 3.8) is 0 Å². The Kier molecular flexibility index (Phi) is 9.34. The zero-order chi connectivity index (χ0) is 25.5. The molecule has 3 atom stereocenters. The minimum absolute atomic E-state index is 0.00713. The van der Waals surface area contributed by atoms with Crippen LogP contribution >= 0.6 is 11.3 Å². The van der Waals surface area contributed by atoms with Crippen LogP contribution in [-0.2, 0) is 9.59 Å².